The van der Waals surface area contributed by atoms with Gasteiger partial charge in [-0.3, -0.25) is 60.9 Å². The highest BCUT2D eigenvalue weighted by atomic mass is 127. The molecule has 25 nitrogen and oxygen atoms in total. The van der Waals surface area contributed by atoms with Gasteiger partial charge in [-0.25, -0.2) is 21.9 Å². The van der Waals surface area contributed by atoms with Gasteiger partial charge in [0.05, 0.1) is 108 Å². The van der Waals surface area contributed by atoms with Crippen LogP contribution in [-0.2, 0) is 117 Å². The van der Waals surface area contributed by atoms with E-state index in [-0.39, 0.29) is 99.0 Å². The normalized spacial score (nSPS) is 20.6. The summed E-state index contributed by atoms with van der Waals surface area (Å²) in [7, 11) is 0. The third kappa shape index (κ3) is 24.7. The number of carbonyl (C=O) groups excluding carboxylic acids is 8. The fourth-order valence-electron chi connectivity index (χ4n) is 13.9. The van der Waals surface area contributed by atoms with Gasteiger partial charge in [-0.2, -0.15) is 0 Å². The molecule has 12 atom stereocenters. The highest BCUT2D eigenvalue weighted by Crippen LogP contribution is 2.43. The fraction of sp³-hybridized carbons (Fsp3) is 0.636. The average molecular weight is 1700 g/mol. The topological polar surface area (TPSA) is 321 Å². The maximum Gasteiger partial charge on any atom is 0.313 e. The number of ether oxygens (including phenoxy) is 8. The Hall–Kier alpha value is -7.15. The molecule has 0 bridgehead atoms. The summed E-state index contributed by atoms with van der Waals surface area (Å²) >= 11 is -1.22. The van der Waals surface area contributed by atoms with Crippen LogP contribution < -0.4 is 21.9 Å². The Bertz CT molecular complexity index is 3750. The monoisotopic (exact) mass is 1700 g/mol. The summed E-state index contributed by atoms with van der Waals surface area (Å²) in [4.78, 5) is 139. The first-order valence-corrected chi connectivity index (χ1v) is 41.1. The van der Waals surface area contributed by atoms with E-state index in [0.717, 1.165) is 22.3 Å². The number of nitrogens with zero attached hydrogens (tertiary/aromatic N) is 1. The molecule has 4 aromatic carbocycles. The Balaban J connectivity index is 1.08. The molecule has 4 aliphatic heterocycles. The molecule has 4 N–H and O–H groups in total. The molecular formula is C88H126IN5O20. The number of esters is 4. The molecule has 4 aromatic rings. The van der Waals surface area contributed by atoms with Crippen LogP contribution in [0.5, 0.6) is 0 Å². The summed E-state index contributed by atoms with van der Waals surface area (Å²) < 4.78 is 56.1. The number of hydrogen-bond donors (Lipinski definition) is 4. The number of amides is 4. The van der Waals surface area contributed by atoms with Crippen molar-refractivity contribution in [3.05, 3.63) is 142 Å². The Morgan fingerprint density at radius 2 is 0.614 bits per heavy atom. The fourth-order valence-corrected chi connectivity index (χ4v) is 14.7. The molecule has 0 saturated carbocycles. The molecule has 26 heteroatoms. The molecule has 0 aromatic heterocycles. The molecule has 0 spiro atoms. The van der Waals surface area contributed by atoms with E-state index in [2.05, 4.69) is 25.1 Å². The standard InChI is InChI=1S/C88H126IN5O20/c1-20-84(16,76(99)107-47-68-43-103-68)39-56(4)60-27-23-31-64(35-60)80(8,9)72(95)91-111-52-88(53-112-92-73(96)81(10,11)65-32-24-28-61(36-65)57(5)40-85(17,21-2)77(100)108-48-69-44-104-69,54-113-93-74(97)82(12,13)66-33-25-29-62(37-66)58(6)41-86(18,22-3)78(101)109-49-70-45-105-70)55-114-94-75(98)83(14,15)67-34-26-30-63(38-67)59(7)42-87(19,51-90-89)79(102)110-50-71-46-106-71/h23-38,56-59,68-71,89H,20-22,39-55H2,1-19H3,(H,91,95)(H,92,96)(H,93,97)(H,94,98)/i89T. The SMILES string of the molecule is [3H]I=NCC(C)(CC(C)c1cccc(C(C)(C)C(=O)NOCC(CONC(=O)C(C)(C)c2cccc(C(C)CC(C)(CC)C(=O)OCC3CO3)c2)(CONC(=O)C(C)(C)c2cccc(C(C)CC(C)(CC)C(=O)OCC3CO3)c2)CONC(=O)C(C)(C)c2cccc(C(C)CC(C)(CC)C(=O)OCC3CO3)c2)c1)C(=O)OCC1CO1. The zero-order valence-corrected chi connectivity index (χ0v) is 72.6. The molecule has 4 amide bonds. The van der Waals surface area contributed by atoms with E-state index < -0.39 is 127 Å². The summed E-state index contributed by atoms with van der Waals surface area (Å²) in [5.74, 6) is -4.23. The predicted octanol–water partition coefficient (Wildman–Crippen LogP) is 13.4. The van der Waals surface area contributed by atoms with E-state index in [9.17, 15) is 38.4 Å². The van der Waals surface area contributed by atoms with E-state index >= 15 is 0 Å². The van der Waals surface area contributed by atoms with Crippen LogP contribution in [0.1, 0.15) is 245 Å². The Labute approximate surface area is 687 Å². The molecule has 114 heavy (non-hydrogen) atoms. The number of hydrogen-bond acceptors (Lipinski definition) is 21. The first-order chi connectivity index (χ1) is 54.1. The number of benzene rings is 4. The smallest absolute Gasteiger partial charge is 0.313 e. The highest BCUT2D eigenvalue weighted by molar-refractivity contribution is 14.1. The first-order valence-electron chi connectivity index (χ1n) is 40.5. The van der Waals surface area contributed by atoms with Crippen molar-refractivity contribution in [1.82, 2.24) is 21.9 Å². The van der Waals surface area contributed by atoms with Gasteiger partial charge in [0.1, 0.15) is 51.4 Å². The third-order valence-corrected chi connectivity index (χ3v) is 24.5. The van der Waals surface area contributed by atoms with Gasteiger partial charge < -0.3 is 37.9 Å². The lowest BCUT2D eigenvalue weighted by atomic mass is 9.76. The van der Waals surface area contributed by atoms with Crippen molar-refractivity contribution in [2.45, 2.75) is 246 Å². The van der Waals surface area contributed by atoms with Gasteiger partial charge in [0.15, 0.2) is 0 Å². The van der Waals surface area contributed by atoms with Crippen LogP contribution in [0.4, 0.5) is 0 Å². The lowest BCUT2D eigenvalue weighted by Gasteiger charge is -2.34. The van der Waals surface area contributed by atoms with Gasteiger partial charge in [-0.05, 0) is 218 Å². The number of epoxide rings is 4. The van der Waals surface area contributed by atoms with E-state index in [1.54, 1.807) is 62.3 Å². The second-order valence-electron chi connectivity index (χ2n) is 35.6. The zero-order chi connectivity index (χ0) is 84.5. The third-order valence-electron chi connectivity index (χ3n) is 24.1. The van der Waals surface area contributed by atoms with Crippen molar-refractivity contribution in [1.29, 1.82) is 0.594 Å². The van der Waals surface area contributed by atoms with Crippen LogP contribution >= 0.6 is 22.2 Å². The van der Waals surface area contributed by atoms with Crippen LogP contribution in [0, 0.1) is 27.1 Å². The van der Waals surface area contributed by atoms with Crippen molar-refractivity contribution in [2.75, 3.05) is 85.8 Å². The Morgan fingerprint density at radius 1 is 0.395 bits per heavy atom. The van der Waals surface area contributed by atoms with Gasteiger partial charge in [-0.1, -0.05) is 146 Å². The minimum atomic E-state index is -1.66. The number of halogens is 1. The van der Waals surface area contributed by atoms with Gasteiger partial charge >= 0.3 is 23.9 Å². The summed E-state index contributed by atoms with van der Waals surface area (Å²) in [6, 6.07) is 30.3. The summed E-state index contributed by atoms with van der Waals surface area (Å²) in [6.07, 6.45) is 3.00. The highest BCUT2D eigenvalue weighted by Gasteiger charge is 2.45. The van der Waals surface area contributed by atoms with Gasteiger partial charge in [0, 0.05) is 0 Å². The lowest BCUT2D eigenvalue weighted by molar-refractivity contribution is -0.179. The maximum absolute atomic E-state index is 14.9. The summed E-state index contributed by atoms with van der Waals surface area (Å²) in [6.45, 7) is 36.4. The number of hydroxylamine groups is 4. The molecule has 0 aliphatic carbocycles. The molecule has 4 saturated heterocycles. The molecule has 8 rings (SSSR count). The van der Waals surface area contributed by atoms with Gasteiger partial charge in [0.2, 0.25) is 0 Å². The molecule has 4 fully saturated rings. The van der Waals surface area contributed by atoms with Crippen LogP contribution in [0.2, 0.25) is 0 Å². The predicted molar refractivity (Wildman–Crippen MR) is 438 cm³/mol. The molecule has 0 radical (unpaired) electrons. The van der Waals surface area contributed by atoms with Crippen molar-refractivity contribution in [2.24, 2.45) is 30.2 Å². The Kier molecular flexibility index (Phi) is 31.4. The molecule has 4 aliphatic rings. The van der Waals surface area contributed by atoms with Crippen molar-refractivity contribution in [3.8, 4) is 0 Å². The van der Waals surface area contributed by atoms with E-state index in [1.165, 1.54) is 0 Å². The second-order valence-corrected chi connectivity index (χ2v) is 36.3. The van der Waals surface area contributed by atoms with Gasteiger partial charge in [-0.15, -0.1) is 0 Å². The van der Waals surface area contributed by atoms with Crippen molar-refractivity contribution >= 4 is 69.7 Å². The minimum Gasteiger partial charge on any atom is -0.462 e. The maximum atomic E-state index is 14.9. The largest absolute Gasteiger partial charge is 0.462 e. The zero-order valence-electron chi connectivity index (χ0n) is 71.5. The summed E-state index contributed by atoms with van der Waals surface area (Å²) in [5, 5.41) is 0. The molecule has 4 heterocycles. The quantitative estimate of drug-likeness (QED) is 0.0105. The van der Waals surface area contributed by atoms with Crippen LogP contribution in [0.25, 0.3) is 0 Å². The lowest BCUT2D eigenvalue weighted by Crippen LogP contribution is -2.51. The van der Waals surface area contributed by atoms with E-state index in [0.29, 0.717) is 93.6 Å². The summed E-state index contributed by atoms with van der Waals surface area (Å²) in [5.41, 5.74) is 6.55. The van der Waals surface area contributed by atoms with Crippen molar-refractivity contribution in [3.63, 3.8) is 0 Å². The van der Waals surface area contributed by atoms with Crippen LogP contribution in [-0.4, -0.2) is 158 Å². The number of nitrogens with one attached hydrogen (secondary N) is 4. The van der Waals surface area contributed by atoms with E-state index in [4.69, 9.17) is 57.8 Å². The van der Waals surface area contributed by atoms with Crippen LogP contribution in [0.3, 0.4) is 0 Å². The minimum absolute atomic E-state index is 0.0768. The molecule has 12 unspecified atom stereocenters. The average Bonchev–Trinajstić information content (AvgIpc) is 0.867. The first kappa shape index (κ1) is 90.8. The number of carbonyl (C=O) groups is 8. The second kappa shape index (κ2) is 39.4. The van der Waals surface area contributed by atoms with Gasteiger partial charge in [0.25, 0.3) is 23.6 Å². The number of rotatable bonds is 49. The van der Waals surface area contributed by atoms with Crippen molar-refractivity contribution < 1.29 is 95.6 Å². The molecular weight excluding hydrogens is 1570 g/mol. The Morgan fingerprint density at radius 3 is 0.825 bits per heavy atom. The van der Waals surface area contributed by atoms with Crippen LogP contribution in [0.15, 0.2) is 100 Å². The molecule has 630 valence electrons. The van der Waals surface area contributed by atoms with E-state index in [1.807, 2.05) is 166 Å².